The molecule has 0 aromatic heterocycles. The van der Waals surface area contributed by atoms with Gasteiger partial charge in [-0.2, -0.15) is 5.26 Å². The third-order valence-electron chi connectivity index (χ3n) is 5.27. The van der Waals surface area contributed by atoms with Crippen LogP contribution in [0.25, 0.3) is 0 Å². The monoisotopic (exact) mass is 423 g/mol. The van der Waals surface area contributed by atoms with E-state index in [0.29, 0.717) is 30.2 Å². The van der Waals surface area contributed by atoms with Crippen molar-refractivity contribution in [3.05, 3.63) is 53.6 Å². The molecule has 0 bridgehead atoms. The molecule has 2 aromatic rings. The molecule has 7 nitrogen and oxygen atoms in total. The van der Waals surface area contributed by atoms with Gasteiger partial charge in [-0.1, -0.05) is 12.1 Å². The minimum Gasteiger partial charge on any atom is -0.493 e. The second-order valence-corrected chi connectivity index (χ2v) is 7.74. The van der Waals surface area contributed by atoms with E-state index < -0.39 is 0 Å². The predicted octanol–water partition coefficient (Wildman–Crippen LogP) is 3.22. The van der Waals surface area contributed by atoms with Gasteiger partial charge in [-0.3, -0.25) is 4.79 Å². The molecule has 31 heavy (non-hydrogen) atoms. The Bertz CT molecular complexity index is 915. The lowest BCUT2D eigenvalue weighted by atomic mass is 10.1. The molecule has 0 radical (unpaired) electrons. The number of rotatable bonds is 9. The van der Waals surface area contributed by atoms with Crippen molar-refractivity contribution < 1.29 is 19.0 Å². The van der Waals surface area contributed by atoms with Crippen LogP contribution in [-0.2, 0) is 16.1 Å². The SMILES string of the molecule is COc1cc(C#N)ccc1OCC(=O)N(Cc1ccc(N(C)C)cc1)C[C@@H]1CCCO1. The number of hydrogen-bond acceptors (Lipinski definition) is 6. The summed E-state index contributed by atoms with van der Waals surface area (Å²) >= 11 is 0. The van der Waals surface area contributed by atoms with E-state index in [1.165, 1.54) is 7.11 Å². The molecule has 164 valence electrons. The van der Waals surface area contributed by atoms with E-state index in [1.807, 2.05) is 43.3 Å². The maximum absolute atomic E-state index is 13.1. The van der Waals surface area contributed by atoms with Gasteiger partial charge in [0.05, 0.1) is 24.8 Å². The average molecular weight is 424 g/mol. The number of nitriles is 1. The van der Waals surface area contributed by atoms with E-state index in [9.17, 15) is 4.79 Å². The highest BCUT2D eigenvalue weighted by Gasteiger charge is 2.23. The van der Waals surface area contributed by atoms with Gasteiger partial charge in [-0.05, 0) is 42.7 Å². The molecule has 3 rings (SSSR count). The molecule has 7 heteroatoms. The zero-order valence-corrected chi connectivity index (χ0v) is 18.3. The van der Waals surface area contributed by atoms with Crippen molar-refractivity contribution in [1.82, 2.24) is 4.90 Å². The first-order valence-corrected chi connectivity index (χ1v) is 10.4. The van der Waals surface area contributed by atoms with Gasteiger partial charge in [-0.25, -0.2) is 0 Å². The molecule has 0 saturated carbocycles. The lowest BCUT2D eigenvalue weighted by Crippen LogP contribution is -2.39. The number of hydrogen-bond donors (Lipinski definition) is 0. The van der Waals surface area contributed by atoms with Crippen LogP contribution in [0.5, 0.6) is 11.5 Å². The van der Waals surface area contributed by atoms with Crippen molar-refractivity contribution >= 4 is 11.6 Å². The molecule has 1 fully saturated rings. The first kappa shape index (κ1) is 22.4. The summed E-state index contributed by atoms with van der Waals surface area (Å²) in [5.41, 5.74) is 2.63. The molecule has 0 N–H and O–H groups in total. The molecule has 2 aromatic carbocycles. The lowest BCUT2D eigenvalue weighted by molar-refractivity contribution is -0.135. The summed E-state index contributed by atoms with van der Waals surface area (Å²) in [5, 5.41) is 9.04. The summed E-state index contributed by atoms with van der Waals surface area (Å²) in [6.07, 6.45) is 2.02. The summed E-state index contributed by atoms with van der Waals surface area (Å²) in [6, 6.07) is 15.1. The summed E-state index contributed by atoms with van der Waals surface area (Å²) in [5.74, 6) is 0.734. The lowest BCUT2D eigenvalue weighted by Gasteiger charge is -2.26. The standard InChI is InChI=1S/C24H29N3O4/c1-26(2)20-9-6-18(7-10-20)15-27(16-21-5-4-12-30-21)24(28)17-31-22-11-8-19(14-25)13-23(22)29-3/h6-11,13,21H,4-5,12,15-17H2,1-3H3/t21-/m0/s1. The topological polar surface area (TPSA) is 75.0 Å². The summed E-state index contributed by atoms with van der Waals surface area (Å²) < 4.78 is 16.8. The van der Waals surface area contributed by atoms with Crippen LogP contribution in [0.3, 0.4) is 0 Å². The van der Waals surface area contributed by atoms with Gasteiger partial charge in [0, 0.05) is 45.5 Å². The number of carbonyl (C=O) groups is 1. The van der Waals surface area contributed by atoms with E-state index >= 15 is 0 Å². The Kier molecular flexibility index (Phi) is 7.74. The molecular weight excluding hydrogens is 394 g/mol. The summed E-state index contributed by atoms with van der Waals surface area (Å²) in [7, 11) is 5.50. The first-order chi connectivity index (χ1) is 15.0. The Hall–Kier alpha value is -3.24. The number of ether oxygens (including phenoxy) is 3. The summed E-state index contributed by atoms with van der Waals surface area (Å²) in [4.78, 5) is 16.9. The first-order valence-electron chi connectivity index (χ1n) is 10.4. The van der Waals surface area contributed by atoms with E-state index in [2.05, 4.69) is 6.07 Å². The van der Waals surface area contributed by atoms with Crippen LogP contribution in [0, 0.1) is 11.3 Å². The molecule has 0 spiro atoms. The number of carbonyl (C=O) groups excluding carboxylic acids is 1. The van der Waals surface area contributed by atoms with Crippen molar-refractivity contribution in [2.45, 2.75) is 25.5 Å². The quantitative estimate of drug-likeness (QED) is 0.617. The van der Waals surface area contributed by atoms with Gasteiger partial charge in [0.1, 0.15) is 0 Å². The van der Waals surface area contributed by atoms with Crippen LogP contribution >= 0.6 is 0 Å². The predicted molar refractivity (Wildman–Crippen MR) is 118 cm³/mol. The summed E-state index contributed by atoms with van der Waals surface area (Å²) in [6.45, 7) is 1.64. The van der Waals surface area contributed by atoms with Crippen molar-refractivity contribution in [2.75, 3.05) is 45.9 Å². The fourth-order valence-electron chi connectivity index (χ4n) is 3.50. The number of benzene rings is 2. The molecule has 0 aliphatic carbocycles. The van der Waals surface area contributed by atoms with Crippen molar-refractivity contribution in [3.63, 3.8) is 0 Å². The van der Waals surface area contributed by atoms with Crippen LogP contribution in [0.1, 0.15) is 24.0 Å². The van der Waals surface area contributed by atoms with Crippen LogP contribution in [0.2, 0.25) is 0 Å². The molecule has 1 atom stereocenters. The third kappa shape index (κ3) is 6.12. The molecule has 1 aliphatic rings. The molecule has 0 unspecified atom stereocenters. The van der Waals surface area contributed by atoms with Crippen LogP contribution in [-0.4, -0.2) is 57.9 Å². The zero-order valence-electron chi connectivity index (χ0n) is 18.3. The molecule has 1 aliphatic heterocycles. The van der Waals surface area contributed by atoms with Gasteiger partial charge in [0.2, 0.25) is 0 Å². The fourth-order valence-corrected chi connectivity index (χ4v) is 3.50. The second-order valence-electron chi connectivity index (χ2n) is 7.74. The van der Waals surface area contributed by atoms with Crippen LogP contribution in [0.4, 0.5) is 5.69 Å². The fraction of sp³-hybridized carbons (Fsp3) is 0.417. The number of methoxy groups -OCH3 is 1. The van der Waals surface area contributed by atoms with E-state index in [1.54, 1.807) is 23.1 Å². The highest BCUT2D eigenvalue weighted by atomic mass is 16.5. The number of anilines is 1. The van der Waals surface area contributed by atoms with Gasteiger partial charge >= 0.3 is 0 Å². The second kappa shape index (κ2) is 10.7. The largest absolute Gasteiger partial charge is 0.493 e. The minimum absolute atomic E-state index is 0.0504. The minimum atomic E-state index is -0.126. The van der Waals surface area contributed by atoms with E-state index in [4.69, 9.17) is 19.5 Å². The zero-order chi connectivity index (χ0) is 22.2. The highest BCUT2D eigenvalue weighted by Crippen LogP contribution is 2.28. The van der Waals surface area contributed by atoms with Gasteiger partial charge < -0.3 is 24.0 Å². The Morgan fingerprint density at radius 3 is 2.58 bits per heavy atom. The smallest absolute Gasteiger partial charge is 0.260 e. The molecule has 1 saturated heterocycles. The number of nitrogens with zero attached hydrogens (tertiary/aromatic N) is 3. The maximum atomic E-state index is 13.1. The Labute approximate surface area is 183 Å². The van der Waals surface area contributed by atoms with E-state index in [-0.39, 0.29) is 18.6 Å². The number of amides is 1. The average Bonchev–Trinajstić information content (AvgIpc) is 3.30. The van der Waals surface area contributed by atoms with Gasteiger partial charge in [-0.15, -0.1) is 0 Å². The highest BCUT2D eigenvalue weighted by molar-refractivity contribution is 5.78. The molecule has 1 amide bonds. The normalized spacial score (nSPS) is 15.2. The van der Waals surface area contributed by atoms with Crippen molar-refractivity contribution in [2.24, 2.45) is 0 Å². The van der Waals surface area contributed by atoms with Crippen LogP contribution < -0.4 is 14.4 Å². The molecular formula is C24H29N3O4. The van der Waals surface area contributed by atoms with Crippen molar-refractivity contribution in [3.8, 4) is 17.6 Å². The van der Waals surface area contributed by atoms with Gasteiger partial charge in [0.15, 0.2) is 18.1 Å². The Balaban J connectivity index is 1.69. The molecule has 1 heterocycles. The van der Waals surface area contributed by atoms with E-state index in [0.717, 1.165) is 30.7 Å². The van der Waals surface area contributed by atoms with Gasteiger partial charge in [0.25, 0.3) is 5.91 Å². The maximum Gasteiger partial charge on any atom is 0.260 e. The van der Waals surface area contributed by atoms with Crippen molar-refractivity contribution in [1.29, 1.82) is 5.26 Å². The third-order valence-corrected chi connectivity index (χ3v) is 5.27. The Morgan fingerprint density at radius 1 is 1.19 bits per heavy atom. The van der Waals surface area contributed by atoms with Crippen LogP contribution in [0.15, 0.2) is 42.5 Å². The Morgan fingerprint density at radius 2 is 1.97 bits per heavy atom.